The van der Waals surface area contributed by atoms with Gasteiger partial charge >= 0.3 is 0 Å². The fourth-order valence-electron chi connectivity index (χ4n) is 1.44. The summed E-state index contributed by atoms with van der Waals surface area (Å²) in [5.74, 6) is 0.691. The SMILES string of the molecule is COCc1oc(-c2ccc(Cl)c(Cl)c2)nc1C=O. The van der Waals surface area contributed by atoms with Crippen molar-refractivity contribution in [3.05, 3.63) is 39.7 Å². The van der Waals surface area contributed by atoms with Crippen LogP contribution in [0.15, 0.2) is 22.6 Å². The monoisotopic (exact) mass is 285 g/mol. The van der Waals surface area contributed by atoms with Gasteiger partial charge in [-0.15, -0.1) is 0 Å². The van der Waals surface area contributed by atoms with Gasteiger partial charge in [0, 0.05) is 12.7 Å². The lowest BCUT2D eigenvalue weighted by molar-refractivity contribution is 0.111. The number of hydrogen-bond acceptors (Lipinski definition) is 4. The van der Waals surface area contributed by atoms with Crippen molar-refractivity contribution in [1.82, 2.24) is 4.98 Å². The van der Waals surface area contributed by atoms with E-state index in [1.54, 1.807) is 18.2 Å². The third-order valence-electron chi connectivity index (χ3n) is 2.28. The van der Waals surface area contributed by atoms with E-state index in [4.69, 9.17) is 32.4 Å². The van der Waals surface area contributed by atoms with E-state index in [1.807, 2.05) is 0 Å². The zero-order valence-electron chi connectivity index (χ0n) is 9.44. The van der Waals surface area contributed by atoms with Crippen LogP contribution in [0.2, 0.25) is 10.0 Å². The molecule has 18 heavy (non-hydrogen) atoms. The molecule has 0 spiro atoms. The van der Waals surface area contributed by atoms with Gasteiger partial charge in [-0.2, -0.15) is 0 Å². The van der Waals surface area contributed by atoms with Crippen molar-refractivity contribution in [2.75, 3.05) is 7.11 Å². The van der Waals surface area contributed by atoms with E-state index >= 15 is 0 Å². The summed E-state index contributed by atoms with van der Waals surface area (Å²) in [6.07, 6.45) is 0.624. The molecule has 0 bridgehead atoms. The van der Waals surface area contributed by atoms with Gasteiger partial charge in [-0.1, -0.05) is 23.2 Å². The molecule has 0 unspecified atom stereocenters. The van der Waals surface area contributed by atoms with E-state index in [-0.39, 0.29) is 12.3 Å². The fraction of sp³-hybridized carbons (Fsp3) is 0.167. The Bertz CT molecular complexity index is 581. The number of methoxy groups -OCH3 is 1. The molecular formula is C12H9Cl2NO3. The number of ether oxygens (including phenoxy) is 1. The fourth-order valence-corrected chi connectivity index (χ4v) is 1.74. The molecule has 94 valence electrons. The molecule has 0 fully saturated rings. The summed E-state index contributed by atoms with van der Waals surface area (Å²) in [5, 5.41) is 0.841. The van der Waals surface area contributed by atoms with Gasteiger partial charge in [-0.3, -0.25) is 4.79 Å². The lowest BCUT2D eigenvalue weighted by Gasteiger charge is -1.98. The molecule has 0 N–H and O–H groups in total. The van der Waals surface area contributed by atoms with Crippen molar-refractivity contribution in [2.24, 2.45) is 0 Å². The standard InChI is InChI=1S/C12H9Cl2NO3/c1-17-6-11-10(5-16)15-12(18-11)7-2-3-8(13)9(14)4-7/h2-5H,6H2,1H3. The Hall–Kier alpha value is -1.36. The molecule has 6 heteroatoms. The molecular weight excluding hydrogens is 277 g/mol. The molecule has 1 heterocycles. The van der Waals surface area contributed by atoms with Crippen molar-refractivity contribution in [1.29, 1.82) is 0 Å². The summed E-state index contributed by atoms with van der Waals surface area (Å²) < 4.78 is 10.4. The molecule has 0 atom stereocenters. The van der Waals surface area contributed by atoms with Gasteiger partial charge in [-0.25, -0.2) is 4.98 Å². The van der Waals surface area contributed by atoms with Crippen LogP contribution in [0.25, 0.3) is 11.5 Å². The van der Waals surface area contributed by atoms with E-state index < -0.39 is 0 Å². The number of benzene rings is 1. The van der Waals surface area contributed by atoms with Crippen LogP contribution in [0.3, 0.4) is 0 Å². The third-order valence-corrected chi connectivity index (χ3v) is 3.02. The number of aldehydes is 1. The molecule has 0 saturated heterocycles. The number of aromatic nitrogens is 1. The summed E-state index contributed by atoms with van der Waals surface area (Å²) in [4.78, 5) is 14.9. The Morgan fingerprint density at radius 3 is 2.78 bits per heavy atom. The van der Waals surface area contributed by atoms with Gasteiger partial charge in [0.2, 0.25) is 5.89 Å². The quantitative estimate of drug-likeness (QED) is 0.806. The second-order valence-electron chi connectivity index (χ2n) is 3.51. The minimum Gasteiger partial charge on any atom is -0.438 e. The van der Waals surface area contributed by atoms with Gasteiger partial charge < -0.3 is 9.15 Å². The molecule has 0 radical (unpaired) electrons. The average Bonchev–Trinajstić information content (AvgIpc) is 2.76. The molecule has 1 aromatic heterocycles. The largest absolute Gasteiger partial charge is 0.438 e. The first-order valence-corrected chi connectivity index (χ1v) is 5.80. The van der Waals surface area contributed by atoms with Crippen LogP contribution in [0.4, 0.5) is 0 Å². The number of carbonyl (C=O) groups excluding carboxylic acids is 1. The van der Waals surface area contributed by atoms with Crippen molar-refractivity contribution in [3.63, 3.8) is 0 Å². The Balaban J connectivity index is 2.43. The number of hydrogen-bond donors (Lipinski definition) is 0. The van der Waals surface area contributed by atoms with Gasteiger partial charge in [0.1, 0.15) is 12.3 Å². The topological polar surface area (TPSA) is 52.3 Å². The second-order valence-corrected chi connectivity index (χ2v) is 4.32. The smallest absolute Gasteiger partial charge is 0.227 e. The maximum absolute atomic E-state index is 10.8. The summed E-state index contributed by atoms with van der Waals surface area (Å²) in [5.41, 5.74) is 0.868. The van der Waals surface area contributed by atoms with Crippen molar-refractivity contribution < 1.29 is 13.9 Å². The van der Waals surface area contributed by atoms with Gasteiger partial charge in [0.15, 0.2) is 12.0 Å². The van der Waals surface area contributed by atoms with Crippen LogP contribution in [0, 0.1) is 0 Å². The first kappa shape index (κ1) is 13.1. The van der Waals surface area contributed by atoms with Crippen LogP contribution in [-0.4, -0.2) is 18.4 Å². The number of halogens is 2. The molecule has 4 nitrogen and oxygen atoms in total. The average molecular weight is 286 g/mol. The van der Waals surface area contributed by atoms with Crippen molar-refractivity contribution in [3.8, 4) is 11.5 Å². The summed E-state index contributed by atoms with van der Waals surface area (Å²) in [6.45, 7) is 0.183. The number of oxazole rings is 1. The molecule has 0 aliphatic carbocycles. The van der Waals surface area contributed by atoms with Crippen molar-refractivity contribution in [2.45, 2.75) is 6.61 Å². The van der Waals surface area contributed by atoms with E-state index in [1.165, 1.54) is 7.11 Å². The van der Waals surface area contributed by atoms with Crippen molar-refractivity contribution >= 4 is 29.5 Å². The predicted molar refractivity (Wildman–Crippen MR) is 68.1 cm³/mol. The van der Waals surface area contributed by atoms with Crippen LogP contribution < -0.4 is 0 Å². The number of rotatable bonds is 4. The number of carbonyl (C=O) groups is 1. The summed E-state index contributed by atoms with van der Waals surface area (Å²) >= 11 is 11.7. The highest BCUT2D eigenvalue weighted by molar-refractivity contribution is 6.42. The predicted octanol–water partition coefficient (Wildman–Crippen LogP) is 3.61. The first-order valence-electron chi connectivity index (χ1n) is 5.05. The minimum atomic E-state index is 0.183. The second kappa shape index (κ2) is 5.52. The maximum atomic E-state index is 10.8. The van der Waals surface area contributed by atoms with Crippen LogP contribution >= 0.6 is 23.2 Å². The summed E-state index contributed by atoms with van der Waals surface area (Å²) in [7, 11) is 1.51. The molecule has 2 rings (SSSR count). The number of nitrogens with zero attached hydrogens (tertiary/aromatic N) is 1. The molecule has 0 aliphatic rings. The molecule has 1 aromatic carbocycles. The van der Waals surface area contributed by atoms with Crippen LogP contribution in [0.5, 0.6) is 0 Å². The van der Waals surface area contributed by atoms with Crippen LogP contribution in [0.1, 0.15) is 16.2 Å². The molecule has 0 saturated carbocycles. The van der Waals surface area contributed by atoms with Gasteiger partial charge in [0.25, 0.3) is 0 Å². The zero-order chi connectivity index (χ0) is 13.1. The Kier molecular flexibility index (Phi) is 4.01. The Morgan fingerprint density at radius 1 is 1.39 bits per heavy atom. The molecule has 0 aliphatic heterocycles. The van der Waals surface area contributed by atoms with E-state index in [0.29, 0.717) is 33.5 Å². The van der Waals surface area contributed by atoms with Gasteiger partial charge in [-0.05, 0) is 18.2 Å². The zero-order valence-corrected chi connectivity index (χ0v) is 11.0. The molecule has 0 amide bonds. The van der Waals surface area contributed by atoms with E-state index in [2.05, 4.69) is 4.98 Å². The third kappa shape index (κ3) is 2.56. The lowest BCUT2D eigenvalue weighted by atomic mass is 10.2. The normalized spacial score (nSPS) is 10.6. The highest BCUT2D eigenvalue weighted by Gasteiger charge is 2.14. The summed E-state index contributed by atoms with van der Waals surface area (Å²) in [6, 6.07) is 4.98. The van der Waals surface area contributed by atoms with E-state index in [9.17, 15) is 4.79 Å². The Morgan fingerprint density at radius 2 is 2.17 bits per heavy atom. The molecule has 2 aromatic rings. The van der Waals surface area contributed by atoms with Gasteiger partial charge in [0.05, 0.1) is 10.0 Å². The van der Waals surface area contributed by atoms with E-state index in [0.717, 1.165) is 0 Å². The highest BCUT2D eigenvalue weighted by Crippen LogP contribution is 2.29. The lowest BCUT2D eigenvalue weighted by Crippen LogP contribution is -1.90. The highest BCUT2D eigenvalue weighted by atomic mass is 35.5. The maximum Gasteiger partial charge on any atom is 0.227 e. The first-order chi connectivity index (χ1) is 8.65. The minimum absolute atomic E-state index is 0.183. The Labute approximate surface area is 113 Å². The van der Waals surface area contributed by atoms with Crippen LogP contribution in [-0.2, 0) is 11.3 Å².